The average molecular weight is 690 g/mol. The predicted octanol–water partition coefficient (Wildman–Crippen LogP) is -0.710. The quantitative estimate of drug-likeness (QED) is 0.166. The molecule has 3 saturated heterocycles. The van der Waals surface area contributed by atoms with E-state index in [4.69, 9.17) is 43.8 Å². The Morgan fingerprint density at radius 3 is 2.28 bits per heavy atom. The number of nitrogens with zero attached hydrogens (tertiary/aromatic N) is 7. The molecule has 3 aliphatic heterocycles. The number of imidazole rings is 2. The molecule has 10 unspecified atom stereocenters. The molecule has 22 nitrogen and oxygen atoms in total. The SMILES string of the molecule is COC1C2COP(=O)(O)OC3C(COP(=O)(O)OC1C(n1cnc4c(=O)[nH]c(N)nc41)O2)OC(n1cnc2c(N)ncnc21)C3F. The van der Waals surface area contributed by atoms with Gasteiger partial charge in [0.05, 0.1) is 25.9 Å². The monoisotopic (exact) mass is 690 g/mol. The van der Waals surface area contributed by atoms with Crippen molar-refractivity contribution in [3.05, 3.63) is 29.3 Å². The number of alkyl halides is 1. The van der Waals surface area contributed by atoms with Gasteiger partial charge in [-0.2, -0.15) is 4.98 Å². The van der Waals surface area contributed by atoms with Gasteiger partial charge in [0.25, 0.3) is 5.56 Å². The highest BCUT2D eigenvalue weighted by Gasteiger charge is 2.55. The van der Waals surface area contributed by atoms with E-state index in [-0.39, 0.29) is 34.1 Å². The van der Waals surface area contributed by atoms with Gasteiger partial charge in [-0.15, -0.1) is 0 Å². The second-order valence-corrected chi connectivity index (χ2v) is 13.1. The van der Waals surface area contributed by atoms with Crippen molar-refractivity contribution in [3.8, 4) is 0 Å². The first-order chi connectivity index (χ1) is 21.9. The Morgan fingerprint density at radius 2 is 1.57 bits per heavy atom. The van der Waals surface area contributed by atoms with Crippen molar-refractivity contribution in [1.29, 1.82) is 0 Å². The number of H-pyrrole nitrogens is 1. The van der Waals surface area contributed by atoms with E-state index in [0.29, 0.717) is 0 Å². The number of phosphoric acid groups is 2. The van der Waals surface area contributed by atoms with Crippen LogP contribution in [0.25, 0.3) is 22.3 Å². The van der Waals surface area contributed by atoms with Gasteiger partial charge in [-0.1, -0.05) is 0 Å². The fourth-order valence-electron chi connectivity index (χ4n) is 5.53. The molecular weight excluding hydrogens is 665 g/mol. The van der Waals surface area contributed by atoms with Crippen LogP contribution in [0, 0.1) is 0 Å². The zero-order valence-electron chi connectivity index (χ0n) is 23.3. The molecule has 0 spiro atoms. The Balaban J connectivity index is 1.22. The van der Waals surface area contributed by atoms with Gasteiger partial charge >= 0.3 is 15.6 Å². The number of rotatable bonds is 3. The summed E-state index contributed by atoms with van der Waals surface area (Å²) >= 11 is 0. The van der Waals surface area contributed by atoms with Crippen LogP contribution in [-0.2, 0) is 41.4 Å². The van der Waals surface area contributed by atoms with Crippen LogP contribution in [0.5, 0.6) is 0 Å². The van der Waals surface area contributed by atoms with Crippen molar-refractivity contribution >= 4 is 49.7 Å². The van der Waals surface area contributed by atoms with Crippen molar-refractivity contribution in [2.75, 3.05) is 31.8 Å². The summed E-state index contributed by atoms with van der Waals surface area (Å²) in [6.07, 6.45) is -9.16. The molecule has 248 valence electrons. The molecule has 7 heterocycles. The van der Waals surface area contributed by atoms with Crippen LogP contribution >= 0.6 is 15.6 Å². The van der Waals surface area contributed by atoms with Gasteiger partial charge < -0.3 is 35.5 Å². The number of ether oxygens (including phenoxy) is 3. The standard InChI is InChI=1S/C21H25FN10O12P2/c1-38-13-8-3-40-45(34,35)43-12-7(41-19(9(12)22)31-5-27-10-15(23)25-4-26-16(10)31)2-39-46(36,37)44-14(13)20(42-8)32-6-28-11-17(32)29-21(24)30-18(11)33/h4-9,12-14,19-20H,2-3H2,1H3,(H,34,35)(H,36,37)(H2,23,25,26)(H3,24,29,30,33). The molecule has 0 radical (unpaired) electrons. The van der Waals surface area contributed by atoms with Gasteiger partial charge in [0.15, 0.2) is 41.3 Å². The highest BCUT2D eigenvalue weighted by Crippen LogP contribution is 2.54. The third kappa shape index (κ3) is 5.38. The van der Waals surface area contributed by atoms with Crippen molar-refractivity contribution in [1.82, 2.24) is 39.0 Å². The molecule has 0 aliphatic carbocycles. The molecule has 3 fully saturated rings. The average Bonchev–Trinajstić information content (AvgIpc) is 3.75. The van der Waals surface area contributed by atoms with E-state index in [9.17, 15) is 23.7 Å². The number of nitrogen functional groups attached to an aromatic ring is 2. The zero-order valence-corrected chi connectivity index (χ0v) is 25.1. The molecule has 7 rings (SSSR count). The van der Waals surface area contributed by atoms with Crippen molar-refractivity contribution < 1.29 is 55.6 Å². The van der Waals surface area contributed by atoms with Crippen LogP contribution in [0.2, 0.25) is 0 Å². The summed E-state index contributed by atoms with van der Waals surface area (Å²) in [5.74, 6) is -0.255. The summed E-state index contributed by atoms with van der Waals surface area (Å²) in [5.41, 5.74) is 10.8. The lowest BCUT2D eigenvalue weighted by atomic mass is 10.1. The fourth-order valence-corrected chi connectivity index (χ4v) is 7.41. The zero-order chi connectivity index (χ0) is 32.5. The Kier molecular flexibility index (Phi) is 7.68. The maximum atomic E-state index is 15.9. The van der Waals surface area contributed by atoms with Gasteiger partial charge in [-0.05, 0) is 0 Å². The number of phosphoric ester groups is 2. The van der Waals surface area contributed by atoms with E-state index in [0.717, 1.165) is 23.5 Å². The van der Waals surface area contributed by atoms with Crippen molar-refractivity contribution in [2.24, 2.45) is 0 Å². The number of aromatic amines is 1. The van der Waals surface area contributed by atoms with Crippen LogP contribution < -0.4 is 17.0 Å². The highest BCUT2D eigenvalue weighted by molar-refractivity contribution is 7.47. The first-order valence-electron chi connectivity index (χ1n) is 13.3. The summed E-state index contributed by atoms with van der Waals surface area (Å²) in [6, 6.07) is 0. The number of fused-ring (bicyclic) bond motifs is 5. The molecule has 4 aromatic heterocycles. The minimum Gasteiger partial charge on any atom is -0.382 e. The van der Waals surface area contributed by atoms with Gasteiger partial charge in [-0.3, -0.25) is 37.0 Å². The summed E-state index contributed by atoms with van der Waals surface area (Å²) in [7, 11) is -8.97. The first-order valence-corrected chi connectivity index (χ1v) is 16.3. The molecule has 46 heavy (non-hydrogen) atoms. The largest absolute Gasteiger partial charge is 0.472 e. The highest BCUT2D eigenvalue weighted by atomic mass is 31.2. The third-order valence-electron chi connectivity index (χ3n) is 7.52. The van der Waals surface area contributed by atoms with Crippen LogP contribution in [-0.4, -0.2) is 106 Å². The topological polar surface area (TPSA) is 298 Å². The minimum absolute atomic E-state index is 0.00480. The Bertz CT molecular complexity index is 1960. The van der Waals surface area contributed by atoms with Crippen LogP contribution in [0.15, 0.2) is 23.8 Å². The summed E-state index contributed by atoms with van der Waals surface area (Å²) < 4.78 is 83.0. The summed E-state index contributed by atoms with van der Waals surface area (Å²) in [4.78, 5) is 56.1. The number of nitrogens with two attached hydrogens (primary N) is 2. The number of methoxy groups -OCH3 is 1. The molecule has 25 heteroatoms. The molecule has 3 aliphatic rings. The second-order valence-electron chi connectivity index (χ2n) is 10.3. The number of nitrogens with one attached hydrogen (secondary N) is 1. The maximum absolute atomic E-state index is 15.9. The van der Waals surface area contributed by atoms with E-state index in [1.807, 2.05) is 0 Å². The second kappa shape index (κ2) is 11.3. The molecule has 7 N–H and O–H groups in total. The van der Waals surface area contributed by atoms with E-state index in [1.165, 1.54) is 11.7 Å². The van der Waals surface area contributed by atoms with Crippen LogP contribution in [0.4, 0.5) is 16.2 Å². The maximum Gasteiger partial charge on any atom is 0.472 e. The van der Waals surface area contributed by atoms with Crippen LogP contribution in [0.1, 0.15) is 12.5 Å². The molecule has 2 bridgehead atoms. The van der Waals surface area contributed by atoms with E-state index in [1.54, 1.807) is 0 Å². The van der Waals surface area contributed by atoms with E-state index >= 15 is 4.39 Å². The Hall–Kier alpha value is -3.47. The lowest BCUT2D eigenvalue weighted by Crippen LogP contribution is -2.37. The molecule has 0 amide bonds. The number of hydrogen-bond donors (Lipinski definition) is 5. The number of aromatic nitrogens is 8. The lowest BCUT2D eigenvalue weighted by molar-refractivity contribution is -0.0673. The number of hydrogen-bond acceptors (Lipinski definition) is 17. The molecule has 0 aromatic carbocycles. The molecule has 0 saturated carbocycles. The van der Waals surface area contributed by atoms with Crippen LogP contribution in [0.3, 0.4) is 0 Å². The lowest BCUT2D eigenvalue weighted by Gasteiger charge is -2.26. The molecule has 10 atom stereocenters. The van der Waals surface area contributed by atoms with Crippen molar-refractivity contribution in [3.63, 3.8) is 0 Å². The Morgan fingerprint density at radius 1 is 0.935 bits per heavy atom. The van der Waals surface area contributed by atoms with Gasteiger partial charge in [-0.25, -0.2) is 33.5 Å². The van der Waals surface area contributed by atoms with Crippen molar-refractivity contribution in [2.45, 2.75) is 49.1 Å². The Labute approximate surface area is 254 Å². The number of halogens is 1. The predicted molar refractivity (Wildman–Crippen MR) is 147 cm³/mol. The summed E-state index contributed by atoms with van der Waals surface area (Å²) in [5, 5.41) is 0. The van der Waals surface area contributed by atoms with E-state index in [2.05, 4.69) is 29.9 Å². The number of anilines is 2. The fraction of sp³-hybridized carbons (Fsp3) is 0.524. The van der Waals surface area contributed by atoms with Gasteiger partial charge in [0.2, 0.25) is 5.95 Å². The first kappa shape index (κ1) is 31.1. The molecular formula is C21H25FN10O12P2. The minimum atomic E-state index is -5.10. The van der Waals surface area contributed by atoms with E-state index < -0.39 is 83.6 Å². The van der Waals surface area contributed by atoms with Gasteiger partial charge in [0, 0.05) is 7.11 Å². The van der Waals surface area contributed by atoms with Gasteiger partial charge in [0.1, 0.15) is 42.4 Å². The molecule has 4 aromatic rings. The normalized spacial score (nSPS) is 37.1. The smallest absolute Gasteiger partial charge is 0.382 e. The summed E-state index contributed by atoms with van der Waals surface area (Å²) in [6.45, 7) is -1.59. The third-order valence-corrected chi connectivity index (χ3v) is 9.49.